The average Bonchev–Trinajstić information content (AvgIpc) is 2.88. The number of hydrogen-bond acceptors (Lipinski definition) is 5. The predicted octanol–water partition coefficient (Wildman–Crippen LogP) is 6.26. The lowest BCUT2D eigenvalue weighted by Gasteiger charge is -2.40. The number of rotatable bonds is 6. The SMILES string of the molecule is CCN1c2cc(N)ccc2-c2ccc(N=NNc3cccc(C(=N)N)c3)cc2C1c1ccccc1. The summed E-state index contributed by atoms with van der Waals surface area (Å²) in [5.74, 6) is 0.00902. The summed E-state index contributed by atoms with van der Waals surface area (Å²) in [5.41, 5.74) is 23.4. The Hall–Kier alpha value is -4.65. The Balaban J connectivity index is 1.54. The van der Waals surface area contributed by atoms with Gasteiger partial charge in [0.05, 0.1) is 17.4 Å². The maximum Gasteiger partial charge on any atom is 0.122 e. The third-order valence-corrected chi connectivity index (χ3v) is 6.24. The van der Waals surface area contributed by atoms with Crippen LogP contribution in [0.5, 0.6) is 0 Å². The molecule has 174 valence electrons. The van der Waals surface area contributed by atoms with Crippen molar-refractivity contribution < 1.29 is 0 Å². The first-order valence-corrected chi connectivity index (χ1v) is 11.5. The molecule has 0 spiro atoms. The van der Waals surface area contributed by atoms with Gasteiger partial charge in [-0.05, 0) is 60.0 Å². The molecule has 0 bridgehead atoms. The lowest BCUT2D eigenvalue weighted by atomic mass is 9.84. The fraction of sp³-hybridized carbons (Fsp3) is 0.107. The van der Waals surface area contributed by atoms with Crippen LogP contribution in [0.3, 0.4) is 0 Å². The second kappa shape index (κ2) is 9.30. The average molecular weight is 462 g/mol. The second-order valence-electron chi connectivity index (χ2n) is 8.45. The molecule has 1 atom stereocenters. The molecule has 0 saturated heterocycles. The molecule has 1 aliphatic heterocycles. The molecule has 5 rings (SSSR count). The standard InChI is InChI=1S/C28H27N7/c1-2-35-26-16-20(29)11-13-24(26)23-14-12-22(17-25(23)27(35)18-7-4-3-5-8-18)33-34-32-21-10-6-9-19(15-21)28(30)31/h3-17,27H,2,29H2,1H3,(H3,30,31)(H,32,33). The van der Waals surface area contributed by atoms with Crippen molar-refractivity contribution in [1.29, 1.82) is 5.41 Å². The summed E-state index contributed by atoms with van der Waals surface area (Å²) in [6.45, 7) is 2.99. The molecule has 0 aliphatic carbocycles. The van der Waals surface area contributed by atoms with Crippen molar-refractivity contribution in [3.8, 4) is 11.1 Å². The third kappa shape index (κ3) is 4.31. The molecule has 7 nitrogen and oxygen atoms in total. The fourth-order valence-corrected chi connectivity index (χ4v) is 4.65. The number of fused-ring (bicyclic) bond motifs is 3. The Bertz CT molecular complexity index is 1410. The topological polar surface area (TPSA) is 116 Å². The van der Waals surface area contributed by atoms with Crippen LogP contribution >= 0.6 is 0 Å². The first-order valence-electron chi connectivity index (χ1n) is 11.5. The van der Waals surface area contributed by atoms with Gasteiger partial charge in [-0.3, -0.25) is 10.8 Å². The summed E-state index contributed by atoms with van der Waals surface area (Å²) in [6, 6.07) is 30.0. The Labute approximate surface area is 204 Å². The van der Waals surface area contributed by atoms with E-state index in [0.29, 0.717) is 11.3 Å². The van der Waals surface area contributed by atoms with Crippen molar-refractivity contribution in [2.24, 2.45) is 16.1 Å². The molecule has 1 heterocycles. The van der Waals surface area contributed by atoms with Crippen molar-refractivity contribution in [2.45, 2.75) is 13.0 Å². The van der Waals surface area contributed by atoms with Crippen LogP contribution in [-0.2, 0) is 0 Å². The van der Waals surface area contributed by atoms with Crippen molar-refractivity contribution >= 4 is 28.6 Å². The van der Waals surface area contributed by atoms with Crippen LogP contribution in [0.1, 0.15) is 29.7 Å². The largest absolute Gasteiger partial charge is 0.399 e. The van der Waals surface area contributed by atoms with Crippen molar-refractivity contribution in [1.82, 2.24) is 0 Å². The minimum absolute atomic E-state index is 0.00902. The predicted molar refractivity (Wildman–Crippen MR) is 143 cm³/mol. The third-order valence-electron chi connectivity index (χ3n) is 6.24. The molecule has 4 aromatic rings. The van der Waals surface area contributed by atoms with Crippen LogP contribution in [0.15, 0.2) is 101 Å². The molecule has 1 unspecified atom stereocenters. The molecule has 0 fully saturated rings. The van der Waals surface area contributed by atoms with E-state index < -0.39 is 0 Å². The van der Waals surface area contributed by atoms with E-state index >= 15 is 0 Å². The number of amidine groups is 1. The maximum absolute atomic E-state index is 7.60. The number of anilines is 3. The van der Waals surface area contributed by atoms with E-state index in [9.17, 15) is 0 Å². The highest BCUT2D eigenvalue weighted by atomic mass is 15.4. The monoisotopic (exact) mass is 461 g/mol. The minimum atomic E-state index is 0.00902. The summed E-state index contributed by atoms with van der Waals surface area (Å²) in [6.07, 6.45) is 0. The molecule has 0 saturated carbocycles. The van der Waals surface area contributed by atoms with Gasteiger partial charge in [0.25, 0.3) is 0 Å². The minimum Gasteiger partial charge on any atom is -0.399 e. The van der Waals surface area contributed by atoms with Gasteiger partial charge in [-0.25, -0.2) is 0 Å². The van der Waals surface area contributed by atoms with E-state index in [1.165, 1.54) is 16.7 Å². The van der Waals surface area contributed by atoms with Gasteiger partial charge in [0.15, 0.2) is 0 Å². The molecule has 35 heavy (non-hydrogen) atoms. The van der Waals surface area contributed by atoms with Crippen LogP contribution in [0, 0.1) is 5.41 Å². The first-order chi connectivity index (χ1) is 17.0. The highest BCUT2D eigenvalue weighted by Crippen LogP contribution is 2.48. The Morgan fingerprint density at radius 1 is 0.943 bits per heavy atom. The fourth-order valence-electron chi connectivity index (χ4n) is 4.65. The number of nitrogens with two attached hydrogens (primary N) is 2. The number of nitrogens with one attached hydrogen (secondary N) is 2. The Kier molecular flexibility index (Phi) is 5.89. The highest BCUT2D eigenvalue weighted by Gasteiger charge is 2.31. The number of hydrogen-bond donors (Lipinski definition) is 4. The van der Waals surface area contributed by atoms with Gasteiger partial charge in [-0.1, -0.05) is 59.8 Å². The van der Waals surface area contributed by atoms with Gasteiger partial charge in [-0.15, -0.1) is 5.11 Å². The van der Waals surface area contributed by atoms with Gasteiger partial charge in [0, 0.05) is 29.0 Å². The normalized spacial score (nSPS) is 14.4. The van der Waals surface area contributed by atoms with Crippen molar-refractivity contribution in [3.63, 3.8) is 0 Å². The van der Waals surface area contributed by atoms with Gasteiger partial charge < -0.3 is 16.4 Å². The molecule has 0 aromatic heterocycles. The van der Waals surface area contributed by atoms with E-state index in [0.717, 1.165) is 29.2 Å². The molecule has 7 heteroatoms. The van der Waals surface area contributed by atoms with Gasteiger partial charge >= 0.3 is 0 Å². The number of nitrogens with zero attached hydrogens (tertiary/aromatic N) is 3. The van der Waals surface area contributed by atoms with Crippen LogP contribution < -0.4 is 21.8 Å². The van der Waals surface area contributed by atoms with Crippen LogP contribution in [-0.4, -0.2) is 12.4 Å². The molecule has 0 amide bonds. The van der Waals surface area contributed by atoms with Gasteiger partial charge in [0.1, 0.15) is 5.84 Å². The summed E-state index contributed by atoms with van der Waals surface area (Å²) in [7, 11) is 0. The molecule has 4 aromatic carbocycles. The maximum atomic E-state index is 7.60. The molecule has 1 aliphatic rings. The molecular weight excluding hydrogens is 434 g/mol. The number of nitrogen functional groups attached to an aromatic ring is 2. The zero-order valence-electron chi connectivity index (χ0n) is 19.4. The molecular formula is C28H27N7. The Morgan fingerprint density at radius 2 is 1.74 bits per heavy atom. The van der Waals surface area contributed by atoms with Gasteiger partial charge in [0.2, 0.25) is 0 Å². The van der Waals surface area contributed by atoms with E-state index in [2.05, 4.69) is 76.1 Å². The quantitative estimate of drug-likeness (QED) is 0.0891. The lowest BCUT2D eigenvalue weighted by Crippen LogP contribution is -2.32. The summed E-state index contributed by atoms with van der Waals surface area (Å²) >= 11 is 0. The summed E-state index contributed by atoms with van der Waals surface area (Å²) in [5, 5.41) is 16.2. The zero-order valence-corrected chi connectivity index (χ0v) is 19.4. The first kappa shape index (κ1) is 22.2. The number of benzene rings is 4. The van der Waals surface area contributed by atoms with E-state index in [1.807, 2.05) is 30.3 Å². The molecule has 6 N–H and O–H groups in total. The van der Waals surface area contributed by atoms with Crippen LogP contribution in [0.2, 0.25) is 0 Å². The highest BCUT2D eigenvalue weighted by molar-refractivity contribution is 5.95. The second-order valence-corrected chi connectivity index (χ2v) is 8.45. The van der Waals surface area contributed by atoms with E-state index in [-0.39, 0.29) is 11.9 Å². The van der Waals surface area contributed by atoms with Crippen molar-refractivity contribution in [2.75, 3.05) is 22.6 Å². The van der Waals surface area contributed by atoms with E-state index in [1.54, 1.807) is 12.1 Å². The van der Waals surface area contributed by atoms with Crippen molar-refractivity contribution in [3.05, 3.63) is 108 Å². The summed E-state index contributed by atoms with van der Waals surface area (Å²) in [4.78, 5) is 2.38. The summed E-state index contributed by atoms with van der Waals surface area (Å²) < 4.78 is 0. The molecule has 0 radical (unpaired) electrons. The van der Waals surface area contributed by atoms with Crippen LogP contribution in [0.25, 0.3) is 11.1 Å². The van der Waals surface area contributed by atoms with Crippen LogP contribution in [0.4, 0.5) is 22.7 Å². The lowest BCUT2D eigenvalue weighted by molar-refractivity contribution is 0.719. The zero-order chi connectivity index (χ0) is 24.4. The Morgan fingerprint density at radius 3 is 2.51 bits per heavy atom. The van der Waals surface area contributed by atoms with E-state index in [4.69, 9.17) is 16.9 Å². The smallest absolute Gasteiger partial charge is 0.122 e. The van der Waals surface area contributed by atoms with Gasteiger partial charge in [-0.2, -0.15) is 0 Å².